The minimum Gasteiger partial charge on any atom is -0.297 e. The number of nitrogens with one attached hydrogen (secondary N) is 3. The molecule has 0 spiro atoms. The molecule has 2 saturated heterocycles. The van der Waals surface area contributed by atoms with Gasteiger partial charge in [0.2, 0.25) is 0 Å². The molecule has 104 valence electrons. The Morgan fingerprint density at radius 1 is 1.26 bits per heavy atom. The molecule has 0 bridgehead atoms. The molecule has 3 atom stereocenters. The molecule has 2 aliphatic rings. The molecule has 0 amide bonds. The molecular formula is C12H16ClN3S3. The number of halogens is 1. The molecule has 3 rings (SSSR count). The predicted octanol–water partition coefficient (Wildman–Crippen LogP) is 2.86. The molecule has 1 aromatic rings. The normalized spacial score (nSPS) is 30.9. The van der Waals surface area contributed by atoms with Crippen molar-refractivity contribution in [2.75, 3.05) is 17.4 Å². The van der Waals surface area contributed by atoms with Crippen LogP contribution in [-0.2, 0) is 0 Å². The molecule has 1 aromatic carbocycles. The van der Waals surface area contributed by atoms with Gasteiger partial charge in [-0.15, -0.1) is 35.3 Å². The first-order valence-electron chi connectivity index (χ1n) is 6.16. The standard InChI is InChI=1S/C12H16ClN3S3/c13-9-3-1-8(2-4-9)11-15-10(5-17-11)6-18-12-16-14-7-19-12/h1-4,10-12,14-16H,5-7H2. The van der Waals surface area contributed by atoms with Gasteiger partial charge in [0, 0.05) is 22.6 Å². The largest absolute Gasteiger partial charge is 0.297 e. The Labute approximate surface area is 131 Å². The quantitative estimate of drug-likeness (QED) is 0.786. The van der Waals surface area contributed by atoms with Crippen molar-refractivity contribution in [3.05, 3.63) is 34.9 Å². The summed E-state index contributed by atoms with van der Waals surface area (Å²) in [6.45, 7) is 0. The van der Waals surface area contributed by atoms with Crippen LogP contribution in [0.25, 0.3) is 0 Å². The second-order valence-corrected chi connectivity index (χ2v) is 8.53. The van der Waals surface area contributed by atoms with Gasteiger partial charge in [-0.2, -0.15) is 0 Å². The second kappa shape index (κ2) is 6.93. The van der Waals surface area contributed by atoms with E-state index in [1.807, 2.05) is 47.4 Å². The van der Waals surface area contributed by atoms with E-state index in [1.165, 1.54) is 11.3 Å². The lowest BCUT2D eigenvalue weighted by Crippen LogP contribution is -2.32. The topological polar surface area (TPSA) is 36.1 Å². The monoisotopic (exact) mass is 333 g/mol. The lowest BCUT2D eigenvalue weighted by molar-refractivity contribution is 0.622. The Morgan fingerprint density at radius 2 is 2.11 bits per heavy atom. The van der Waals surface area contributed by atoms with Crippen molar-refractivity contribution in [3.8, 4) is 0 Å². The highest BCUT2D eigenvalue weighted by Gasteiger charge is 2.26. The van der Waals surface area contributed by atoms with Crippen LogP contribution >= 0.6 is 46.9 Å². The molecule has 0 aliphatic carbocycles. The zero-order valence-electron chi connectivity index (χ0n) is 10.3. The summed E-state index contributed by atoms with van der Waals surface area (Å²) < 4.78 is 0.487. The molecule has 7 heteroatoms. The Hall–Kier alpha value is 0.440. The number of hydrazine groups is 1. The molecule has 2 fully saturated rings. The van der Waals surface area contributed by atoms with E-state index in [4.69, 9.17) is 11.6 Å². The highest BCUT2D eigenvalue weighted by atomic mass is 35.5. The SMILES string of the molecule is Clc1ccc(C2NC(CSC3NNCS3)CS2)cc1. The molecule has 0 aromatic heterocycles. The van der Waals surface area contributed by atoms with Crippen LogP contribution in [0.1, 0.15) is 10.9 Å². The molecule has 0 radical (unpaired) electrons. The summed E-state index contributed by atoms with van der Waals surface area (Å²) in [5, 5.41) is 4.90. The number of benzene rings is 1. The Bertz CT molecular complexity index is 411. The number of hydrogen-bond acceptors (Lipinski definition) is 6. The minimum atomic E-state index is 0.408. The molecule has 2 heterocycles. The van der Waals surface area contributed by atoms with Crippen LogP contribution in [-0.4, -0.2) is 28.1 Å². The molecule has 3 unspecified atom stereocenters. The fourth-order valence-electron chi connectivity index (χ4n) is 2.03. The van der Waals surface area contributed by atoms with Crippen LogP contribution < -0.4 is 16.2 Å². The van der Waals surface area contributed by atoms with Crippen molar-refractivity contribution in [1.82, 2.24) is 16.2 Å². The summed E-state index contributed by atoms with van der Waals surface area (Å²) in [5.74, 6) is 3.31. The number of hydrogen-bond donors (Lipinski definition) is 3. The van der Waals surface area contributed by atoms with Gasteiger partial charge in [0.15, 0.2) is 0 Å². The van der Waals surface area contributed by atoms with Gasteiger partial charge in [-0.25, -0.2) is 10.9 Å². The zero-order chi connectivity index (χ0) is 13.1. The highest BCUT2D eigenvalue weighted by molar-refractivity contribution is 8.17. The Balaban J connectivity index is 1.48. The van der Waals surface area contributed by atoms with Crippen LogP contribution in [0.5, 0.6) is 0 Å². The first-order valence-corrected chi connectivity index (χ1v) is 9.68. The number of rotatable bonds is 4. The van der Waals surface area contributed by atoms with Crippen molar-refractivity contribution in [1.29, 1.82) is 0 Å². The van der Waals surface area contributed by atoms with Crippen molar-refractivity contribution in [2.24, 2.45) is 0 Å². The molecule has 3 nitrogen and oxygen atoms in total. The summed E-state index contributed by atoms with van der Waals surface area (Å²) in [4.78, 5) is 0. The third-order valence-electron chi connectivity index (χ3n) is 3.00. The summed E-state index contributed by atoms with van der Waals surface area (Å²) in [6, 6.07) is 8.73. The van der Waals surface area contributed by atoms with Gasteiger partial charge in [0.05, 0.1) is 11.3 Å². The third kappa shape index (κ3) is 3.97. The highest BCUT2D eigenvalue weighted by Crippen LogP contribution is 2.35. The van der Waals surface area contributed by atoms with Crippen LogP contribution in [0.3, 0.4) is 0 Å². The van der Waals surface area contributed by atoms with E-state index < -0.39 is 0 Å². The summed E-state index contributed by atoms with van der Waals surface area (Å²) in [6.07, 6.45) is 0. The number of thioether (sulfide) groups is 3. The van der Waals surface area contributed by atoms with Crippen LogP contribution in [0, 0.1) is 0 Å². The molecular weight excluding hydrogens is 318 g/mol. The maximum atomic E-state index is 5.92. The minimum absolute atomic E-state index is 0.408. The van der Waals surface area contributed by atoms with Gasteiger partial charge in [-0.1, -0.05) is 23.7 Å². The van der Waals surface area contributed by atoms with E-state index in [1.54, 1.807) is 0 Å². The third-order valence-corrected chi connectivity index (χ3v) is 7.15. The van der Waals surface area contributed by atoms with E-state index in [0.717, 1.165) is 16.7 Å². The fraction of sp³-hybridized carbons (Fsp3) is 0.500. The van der Waals surface area contributed by atoms with E-state index in [9.17, 15) is 0 Å². The Morgan fingerprint density at radius 3 is 2.84 bits per heavy atom. The summed E-state index contributed by atoms with van der Waals surface area (Å²) >= 11 is 11.8. The Kier molecular flexibility index (Phi) is 5.25. The maximum Gasteiger partial charge on any atom is 0.114 e. The van der Waals surface area contributed by atoms with Crippen molar-refractivity contribution < 1.29 is 0 Å². The van der Waals surface area contributed by atoms with Gasteiger partial charge >= 0.3 is 0 Å². The van der Waals surface area contributed by atoms with E-state index in [-0.39, 0.29) is 0 Å². The first-order chi connectivity index (χ1) is 9.31. The van der Waals surface area contributed by atoms with E-state index in [2.05, 4.69) is 28.3 Å². The van der Waals surface area contributed by atoms with Crippen molar-refractivity contribution in [2.45, 2.75) is 16.1 Å². The van der Waals surface area contributed by atoms with Crippen molar-refractivity contribution in [3.63, 3.8) is 0 Å². The summed E-state index contributed by atoms with van der Waals surface area (Å²) in [7, 11) is 0. The van der Waals surface area contributed by atoms with Crippen LogP contribution in [0.4, 0.5) is 0 Å². The predicted molar refractivity (Wildman–Crippen MR) is 88.6 cm³/mol. The van der Waals surface area contributed by atoms with Crippen LogP contribution in [0.15, 0.2) is 24.3 Å². The van der Waals surface area contributed by atoms with Gasteiger partial charge in [0.1, 0.15) is 4.71 Å². The lowest BCUT2D eigenvalue weighted by atomic mass is 10.2. The first kappa shape index (κ1) is 14.4. The van der Waals surface area contributed by atoms with Gasteiger partial charge < -0.3 is 0 Å². The average molecular weight is 334 g/mol. The average Bonchev–Trinajstić information content (AvgIpc) is 3.09. The lowest BCUT2D eigenvalue weighted by Gasteiger charge is -2.15. The molecule has 19 heavy (non-hydrogen) atoms. The zero-order valence-corrected chi connectivity index (χ0v) is 13.5. The summed E-state index contributed by atoms with van der Waals surface area (Å²) in [5.41, 5.74) is 7.71. The molecule has 0 saturated carbocycles. The van der Waals surface area contributed by atoms with Crippen molar-refractivity contribution >= 4 is 46.9 Å². The van der Waals surface area contributed by atoms with Gasteiger partial charge in [-0.3, -0.25) is 5.32 Å². The fourth-order valence-corrected chi connectivity index (χ4v) is 5.68. The van der Waals surface area contributed by atoms with E-state index >= 15 is 0 Å². The molecule has 3 N–H and O–H groups in total. The van der Waals surface area contributed by atoms with E-state index in [0.29, 0.717) is 16.1 Å². The van der Waals surface area contributed by atoms with Gasteiger partial charge in [0.25, 0.3) is 0 Å². The smallest absolute Gasteiger partial charge is 0.114 e. The van der Waals surface area contributed by atoms with Gasteiger partial charge in [-0.05, 0) is 17.7 Å². The maximum absolute atomic E-state index is 5.92. The second-order valence-electron chi connectivity index (χ2n) is 4.43. The van der Waals surface area contributed by atoms with Crippen LogP contribution in [0.2, 0.25) is 5.02 Å². The molecule has 2 aliphatic heterocycles.